The van der Waals surface area contributed by atoms with Crippen LogP contribution in [0.1, 0.15) is 23.5 Å². The van der Waals surface area contributed by atoms with Gasteiger partial charge < -0.3 is 10.2 Å². The Bertz CT molecular complexity index is 1180. The number of carboxylic acid groups (broad SMARTS) is 2. The predicted octanol–water partition coefficient (Wildman–Crippen LogP) is 3.34. The fourth-order valence-electron chi connectivity index (χ4n) is 2.92. The predicted molar refractivity (Wildman–Crippen MR) is 105 cm³/mol. The summed E-state index contributed by atoms with van der Waals surface area (Å²) >= 11 is 0. The molecule has 0 unspecified atom stereocenters. The van der Waals surface area contributed by atoms with Gasteiger partial charge in [0.05, 0.1) is 11.8 Å². The summed E-state index contributed by atoms with van der Waals surface area (Å²) in [5.74, 6) is 0.219. The van der Waals surface area contributed by atoms with Crippen LogP contribution in [-0.4, -0.2) is 45.6 Å². The van der Waals surface area contributed by atoms with E-state index in [1.165, 1.54) is 12.1 Å². The average molecular weight is 470 g/mol. The maximum absolute atomic E-state index is 12.7. The lowest BCUT2D eigenvalue weighted by Crippen LogP contribution is -2.27. The minimum absolute atomic E-state index is 0.0573. The van der Waals surface area contributed by atoms with Crippen LogP contribution in [0.25, 0.3) is 5.82 Å². The minimum atomic E-state index is -4.51. The van der Waals surface area contributed by atoms with Gasteiger partial charge in [-0.2, -0.15) is 18.3 Å². The smallest absolute Gasteiger partial charge is 0.450 e. The Hall–Kier alpha value is -3.45. The molecule has 13 heteroatoms. The molecule has 0 spiro atoms. The molecule has 1 fully saturated rings. The van der Waals surface area contributed by atoms with Crippen molar-refractivity contribution >= 4 is 16.2 Å². The summed E-state index contributed by atoms with van der Waals surface area (Å²) in [7, 11) is -3.78. The third-order valence-electron chi connectivity index (χ3n) is 4.50. The third-order valence-corrected chi connectivity index (χ3v) is 5.98. The molecule has 0 saturated heterocycles. The number of aromatic nitrogens is 3. The van der Waals surface area contributed by atoms with Crippen LogP contribution < -0.4 is 4.72 Å². The lowest BCUT2D eigenvalue weighted by atomic mass is 10.1. The van der Waals surface area contributed by atoms with E-state index in [-0.39, 0.29) is 22.7 Å². The van der Waals surface area contributed by atoms with Crippen LogP contribution in [0, 0.1) is 0 Å². The fraction of sp³-hybridized carbons (Fsp3) is 0.211. The lowest BCUT2D eigenvalue weighted by molar-refractivity contribution is -0.137. The maximum atomic E-state index is 12.7. The summed E-state index contributed by atoms with van der Waals surface area (Å²) in [6.07, 6.45) is -3.05. The lowest BCUT2D eigenvalue weighted by Gasteiger charge is -2.07. The number of rotatable bonds is 5. The number of benzene rings is 1. The summed E-state index contributed by atoms with van der Waals surface area (Å²) in [5.41, 5.74) is 0.163. The molecule has 32 heavy (non-hydrogen) atoms. The number of nitrogens with zero attached hydrogens (tertiary/aromatic N) is 3. The first-order chi connectivity index (χ1) is 15.0. The first kappa shape index (κ1) is 23.2. The summed E-state index contributed by atoms with van der Waals surface area (Å²) in [4.78, 5) is 12.4. The van der Waals surface area contributed by atoms with Gasteiger partial charge in [-0.1, -0.05) is 30.3 Å². The van der Waals surface area contributed by atoms with Crippen molar-refractivity contribution in [3.05, 3.63) is 72.2 Å². The Kier molecular flexibility index (Phi) is 6.50. The quantitative estimate of drug-likeness (QED) is 0.521. The Morgan fingerprint density at radius 1 is 1.09 bits per heavy atom. The van der Waals surface area contributed by atoms with Gasteiger partial charge in [0.1, 0.15) is 4.90 Å². The van der Waals surface area contributed by atoms with Gasteiger partial charge in [-0.15, -0.1) is 0 Å². The Balaban J connectivity index is 0.000000668. The number of halogens is 3. The molecule has 0 bridgehead atoms. The second-order valence-corrected chi connectivity index (χ2v) is 8.50. The monoisotopic (exact) mass is 470 g/mol. The summed E-state index contributed by atoms with van der Waals surface area (Å²) in [6.45, 7) is 0. The van der Waals surface area contributed by atoms with Crippen molar-refractivity contribution in [1.29, 1.82) is 0 Å². The van der Waals surface area contributed by atoms with Crippen molar-refractivity contribution in [3.63, 3.8) is 0 Å². The molecule has 0 aliphatic heterocycles. The van der Waals surface area contributed by atoms with Crippen LogP contribution in [0.3, 0.4) is 0 Å². The van der Waals surface area contributed by atoms with E-state index < -0.39 is 27.9 Å². The zero-order chi connectivity index (χ0) is 23.5. The van der Waals surface area contributed by atoms with E-state index in [1.54, 1.807) is 0 Å². The molecular formula is C19H17F3N4O5S. The van der Waals surface area contributed by atoms with E-state index in [1.807, 2.05) is 30.3 Å². The van der Waals surface area contributed by atoms with E-state index >= 15 is 0 Å². The van der Waals surface area contributed by atoms with Crippen LogP contribution in [0.4, 0.5) is 18.0 Å². The van der Waals surface area contributed by atoms with E-state index in [4.69, 9.17) is 15.0 Å². The number of sulfonamides is 1. The molecule has 2 heterocycles. The molecule has 1 saturated carbocycles. The van der Waals surface area contributed by atoms with Gasteiger partial charge in [0.25, 0.3) is 0 Å². The summed E-state index contributed by atoms with van der Waals surface area (Å²) in [6, 6.07) is 12.0. The summed E-state index contributed by atoms with van der Waals surface area (Å²) < 4.78 is 66.6. The van der Waals surface area contributed by atoms with Crippen LogP contribution in [0.15, 0.2) is 66.0 Å². The molecule has 0 amide bonds. The first-order valence-electron chi connectivity index (χ1n) is 9.05. The second kappa shape index (κ2) is 8.96. The molecule has 2 atom stereocenters. The number of carbonyl (C=O) groups is 1. The van der Waals surface area contributed by atoms with Crippen LogP contribution in [0.2, 0.25) is 0 Å². The molecule has 3 aromatic rings. The highest BCUT2D eigenvalue weighted by atomic mass is 32.2. The number of hydrogen-bond donors (Lipinski definition) is 3. The number of alkyl halides is 3. The minimum Gasteiger partial charge on any atom is -0.450 e. The van der Waals surface area contributed by atoms with Crippen molar-refractivity contribution in [3.8, 4) is 5.82 Å². The Labute approximate surface area is 180 Å². The molecule has 3 N–H and O–H groups in total. The third kappa shape index (κ3) is 5.82. The van der Waals surface area contributed by atoms with E-state index in [2.05, 4.69) is 14.8 Å². The normalized spacial score (nSPS) is 17.8. The summed E-state index contributed by atoms with van der Waals surface area (Å²) in [5, 5.41) is 17.6. The zero-order valence-corrected chi connectivity index (χ0v) is 17.0. The topological polar surface area (TPSA) is 134 Å². The fourth-order valence-corrected chi connectivity index (χ4v) is 4.16. The van der Waals surface area contributed by atoms with Crippen LogP contribution >= 0.6 is 0 Å². The molecule has 1 aliphatic rings. The highest BCUT2D eigenvalue weighted by Crippen LogP contribution is 2.41. The van der Waals surface area contributed by atoms with Crippen molar-refractivity contribution in [2.75, 3.05) is 0 Å². The van der Waals surface area contributed by atoms with Gasteiger partial charge in [-0.3, -0.25) is 0 Å². The van der Waals surface area contributed by atoms with Crippen molar-refractivity contribution in [1.82, 2.24) is 19.5 Å². The average Bonchev–Trinajstić information content (AvgIpc) is 3.27. The molecule has 1 aliphatic carbocycles. The van der Waals surface area contributed by atoms with E-state index in [0.29, 0.717) is 12.6 Å². The molecule has 170 valence electrons. The number of pyridine rings is 1. The Morgan fingerprint density at radius 3 is 2.28 bits per heavy atom. The van der Waals surface area contributed by atoms with Gasteiger partial charge in [0.15, 0.2) is 5.82 Å². The van der Waals surface area contributed by atoms with Gasteiger partial charge in [0, 0.05) is 24.4 Å². The van der Waals surface area contributed by atoms with Crippen molar-refractivity contribution in [2.45, 2.75) is 29.5 Å². The highest BCUT2D eigenvalue weighted by Gasteiger charge is 2.41. The van der Waals surface area contributed by atoms with Gasteiger partial charge >= 0.3 is 12.3 Å². The van der Waals surface area contributed by atoms with Gasteiger partial charge in [-0.05, 0) is 24.1 Å². The SMILES string of the molecule is O=C(O)O.O=S(=O)(N[C@H]1C[C@@H]1c1ccccc1)c1ccc(-n2cc(C(F)(F)F)cn2)nc1. The van der Waals surface area contributed by atoms with E-state index in [9.17, 15) is 21.6 Å². The maximum Gasteiger partial charge on any atom is 0.503 e. The second-order valence-electron chi connectivity index (χ2n) is 6.79. The van der Waals surface area contributed by atoms with Gasteiger partial charge in [0.2, 0.25) is 10.0 Å². The standard InChI is InChI=1S/C18H15F3N4O2S.CH2O3/c19-18(20,21)13-9-23-25(11-13)17-7-6-14(10-22-17)28(26,27)24-16-8-15(16)12-4-2-1-3-5-12;2-1(3)4/h1-7,9-11,15-16,24H,8H2;(H2,2,3,4)/t15-,16+;/m1./s1. The Morgan fingerprint density at radius 2 is 1.75 bits per heavy atom. The zero-order valence-electron chi connectivity index (χ0n) is 16.1. The van der Waals surface area contributed by atoms with Crippen molar-refractivity contribution < 1.29 is 36.6 Å². The first-order valence-corrected chi connectivity index (χ1v) is 10.5. The van der Waals surface area contributed by atoms with Crippen molar-refractivity contribution in [2.24, 2.45) is 0 Å². The molecule has 1 aromatic carbocycles. The molecule has 2 aromatic heterocycles. The molecule has 4 rings (SSSR count). The number of nitrogens with one attached hydrogen (secondary N) is 1. The highest BCUT2D eigenvalue weighted by molar-refractivity contribution is 7.89. The number of hydrogen-bond acceptors (Lipinski definition) is 5. The molecule has 0 radical (unpaired) electrons. The molecular weight excluding hydrogens is 453 g/mol. The molecule has 9 nitrogen and oxygen atoms in total. The van der Waals surface area contributed by atoms with Gasteiger partial charge in [-0.25, -0.2) is 27.6 Å². The largest absolute Gasteiger partial charge is 0.503 e. The van der Waals surface area contributed by atoms with E-state index in [0.717, 1.165) is 22.6 Å². The van der Waals surface area contributed by atoms with Crippen LogP contribution in [-0.2, 0) is 16.2 Å². The van der Waals surface area contributed by atoms with Crippen LogP contribution in [0.5, 0.6) is 0 Å².